The van der Waals surface area contributed by atoms with Crippen molar-refractivity contribution in [1.29, 1.82) is 0 Å². The third kappa shape index (κ3) is 17.7. The zero-order valence-electron chi connectivity index (χ0n) is 13.1. The highest BCUT2D eigenvalue weighted by Gasteiger charge is 1.94. The van der Waals surface area contributed by atoms with Crippen LogP contribution in [0.15, 0.2) is 5.11 Å². The van der Waals surface area contributed by atoms with Crippen LogP contribution in [0.25, 0.3) is 10.4 Å². The highest BCUT2D eigenvalue weighted by atomic mass is 32.1. The average molecular weight is 300 g/mol. The van der Waals surface area contributed by atoms with E-state index in [9.17, 15) is 0 Å². The zero-order valence-corrected chi connectivity index (χ0v) is 14.0. The van der Waals surface area contributed by atoms with E-state index < -0.39 is 0 Å². The molecular weight excluding hydrogens is 266 g/mol. The van der Waals surface area contributed by atoms with Gasteiger partial charge >= 0.3 is 0 Å². The molecule has 0 aromatic heterocycles. The summed E-state index contributed by atoms with van der Waals surface area (Å²) in [6.45, 7) is 0.671. The van der Waals surface area contributed by atoms with Crippen LogP contribution in [0.5, 0.6) is 0 Å². The molecule has 0 heterocycles. The molecule has 0 N–H and O–H groups in total. The van der Waals surface area contributed by atoms with Gasteiger partial charge in [0.25, 0.3) is 0 Å². The normalized spacial score (nSPS) is 10.4. The van der Waals surface area contributed by atoms with Crippen LogP contribution in [0.1, 0.15) is 89.9 Å². The first kappa shape index (κ1) is 19.7. The summed E-state index contributed by atoms with van der Waals surface area (Å²) in [5.74, 6) is 1.05. The summed E-state index contributed by atoms with van der Waals surface area (Å²) in [5.41, 5.74) is 8.14. The van der Waals surface area contributed by atoms with Gasteiger partial charge in [0.05, 0.1) is 0 Å². The molecule has 0 fully saturated rings. The molecule has 0 amide bonds. The van der Waals surface area contributed by atoms with Gasteiger partial charge in [-0.05, 0) is 24.1 Å². The Morgan fingerprint density at radius 1 is 0.600 bits per heavy atom. The fraction of sp³-hybridized carbons (Fsp3) is 1.00. The first-order chi connectivity index (χ1) is 9.91. The fourth-order valence-corrected chi connectivity index (χ4v) is 2.68. The van der Waals surface area contributed by atoms with Gasteiger partial charge in [-0.1, -0.05) is 82.2 Å². The topological polar surface area (TPSA) is 48.8 Å². The van der Waals surface area contributed by atoms with E-state index in [1.807, 2.05) is 0 Å². The Balaban J connectivity index is 2.94. The minimum atomic E-state index is 0.671. The molecule has 0 rings (SSSR count). The second-order valence-corrected chi connectivity index (χ2v) is 6.08. The van der Waals surface area contributed by atoms with Crippen LogP contribution in [-0.4, -0.2) is 12.3 Å². The van der Waals surface area contributed by atoms with E-state index in [0.717, 1.165) is 12.2 Å². The van der Waals surface area contributed by atoms with Crippen LogP contribution >= 0.6 is 12.6 Å². The van der Waals surface area contributed by atoms with Gasteiger partial charge in [0.1, 0.15) is 0 Å². The average Bonchev–Trinajstić information content (AvgIpc) is 2.47. The van der Waals surface area contributed by atoms with Crippen molar-refractivity contribution < 1.29 is 0 Å². The zero-order chi connectivity index (χ0) is 14.7. The summed E-state index contributed by atoms with van der Waals surface area (Å²) in [6, 6.07) is 0. The highest BCUT2D eigenvalue weighted by Crippen LogP contribution is 2.13. The Morgan fingerprint density at radius 3 is 1.30 bits per heavy atom. The standard InChI is InChI=1S/C16H33N3S/c17-19-18-15-13-11-9-7-5-3-1-2-4-6-8-10-12-14-16-20/h20H,1-16H2. The smallest absolute Gasteiger partial charge is 0.0257 e. The number of unbranched alkanes of at least 4 members (excludes halogenated alkanes) is 13. The number of hydrogen-bond acceptors (Lipinski definition) is 2. The van der Waals surface area contributed by atoms with Crippen molar-refractivity contribution >= 4 is 12.6 Å². The molecule has 4 heteroatoms. The van der Waals surface area contributed by atoms with Gasteiger partial charge in [-0.15, -0.1) is 0 Å². The molecule has 0 unspecified atom stereocenters. The Bertz CT molecular complexity index is 228. The largest absolute Gasteiger partial charge is 0.179 e. The lowest BCUT2D eigenvalue weighted by molar-refractivity contribution is 0.536. The Hall–Kier alpha value is -0.340. The molecule has 0 saturated carbocycles. The van der Waals surface area contributed by atoms with Crippen molar-refractivity contribution in [3.8, 4) is 0 Å². The monoisotopic (exact) mass is 299 g/mol. The maximum atomic E-state index is 8.14. The van der Waals surface area contributed by atoms with Crippen molar-refractivity contribution in [2.45, 2.75) is 89.9 Å². The Kier molecular flexibility index (Phi) is 18.3. The number of hydrogen-bond donors (Lipinski definition) is 1. The molecule has 0 aromatic carbocycles. The molecule has 0 aliphatic carbocycles. The summed E-state index contributed by atoms with van der Waals surface area (Å²) in [7, 11) is 0. The lowest BCUT2D eigenvalue weighted by Gasteiger charge is -2.02. The minimum Gasteiger partial charge on any atom is -0.179 e. The second kappa shape index (κ2) is 18.7. The molecule has 0 spiro atoms. The molecule has 20 heavy (non-hydrogen) atoms. The van der Waals surface area contributed by atoms with E-state index in [1.54, 1.807) is 0 Å². The molecule has 0 aliphatic rings. The number of azide groups is 1. The molecule has 118 valence electrons. The summed E-state index contributed by atoms with van der Waals surface area (Å²) in [6.07, 6.45) is 18.8. The van der Waals surface area contributed by atoms with Crippen LogP contribution < -0.4 is 0 Å². The summed E-state index contributed by atoms with van der Waals surface area (Å²) in [5, 5.41) is 3.55. The van der Waals surface area contributed by atoms with Crippen LogP contribution in [0.2, 0.25) is 0 Å². The quantitative estimate of drug-likeness (QED) is 0.108. The van der Waals surface area contributed by atoms with Crippen LogP contribution in [0.4, 0.5) is 0 Å². The molecule has 0 radical (unpaired) electrons. The summed E-state index contributed by atoms with van der Waals surface area (Å²) >= 11 is 4.23. The first-order valence-electron chi connectivity index (χ1n) is 8.53. The van der Waals surface area contributed by atoms with Crippen molar-refractivity contribution in [2.24, 2.45) is 5.11 Å². The molecule has 0 atom stereocenters. The van der Waals surface area contributed by atoms with E-state index in [4.69, 9.17) is 5.53 Å². The van der Waals surface area contributed by atoms with Crippen molar-refractivity contribution in [3.63, 3.8) is 0 Å². The lowest BCUT2D eigenvalue weighted by atomic mass is 10.0. The van der Waals surface area contributed by atoms with Gasteiger partial charge < -0.3 is 0 Å². The molecule has 0 aromatic rings. The molecule has 3 nitrogen and oxygen atoms in total. The van der Waals surface area contributed by atoms with Gasteiger partial charge in [-0.2, -0.15) is 12.6 Å². The van der Waals surface area contributed by atoms with Gasteiger partial charge in [0, 0.05) is 11.5 Å². The third-order valence-corrected chi connectivity index (χ3v) is 4.05. The number of nitrogens with zero attached hydrogens (tertiary/aromatic N) is 3. The number of thiol groups is 1. The van der Waals surface area contributed by atoms with Crippen LogP contribution in [-0.2, 0) is 0 Å². The van der Waals surface area contributed by atoms with Gasteiger partial charge in [-0.3, -0.25) is 0 Å². The van der Waals surface area contributed by atoms with Gasteiger partial charge in [0.2, 0.25) is 0 Å². The maximum absolute atomic E-state index is 8.14. The summed E-state index contributed by atoms with van der Waals surface area (Å²) in [4.78, 5) is 2.76. The molecule has 0 bridgehead atoms. The van der Waals surface area contributed by atoms with Crippen molar-refractivity contribution in [2.75, 3.05) is 12.3 Å². The SMILES string of the molecule is [N-]=[N+]=NCCCCCCCCCCCCCCCCS. The van der Waals surface area contributed by atoms with Crippen LogP contribution in [0.3, 0.4) is 0 Å². The van der Waals surface area contributed by atoms with E-state index in [0.29, 0.717) is 6.54 Å². The van der Waals surface area contributed by atoms with Crippen molar-refractivity contribution in [3.05, 3.63) is 10.4 Å². The first-order valence-corrected chi connectivity index (χ1v) is 9.16. The van der Waals surface area contributed by atoms with E-state index >= 15 is 0 Å². The third-order valence-electron chi connectivity index (χ3n) is 3.73. The fourth-order valence-electron chi connectivity index (χ4n) is 2.46. The molecule has 0 saturated heterocycles. The second-order valence-electron chi connectivity index (χ2n) is 5.63. The predicted molar refractivity (Wildman–Crippen MR) is 92.5 cm³/mol. The van der Waals surface area contributed by atoms with Gasteiger partial charge in [0.15, 0.2) is 0 Å². The molecule has 0 aliphatic heterocycles. The molecular formula is C16H33N3S. The van der Waals surface area contributed by atoms with E-state index in [2.05, 4.69) is 22.7 Å². The van der Waals surface area contributed by atoms with E-state index in [-0.39, 0.29) is 0 Å². The Morgan fingerprint density at radius 2 is 0.950 bits per heavy atom. The van der Waals surface area contributed by atoms with Gasteiger partial charge in [-0.25, -0.2) is 0 Å². The van der Waals surface area contributed by atoms with Crippen molar-refractivity contribution in [1.82, 2.24) is 0 Å². The Labute approximate surface area is 131 Å². The maximum Gasteiger partial charge on any atom is 0.0257 e. The predicted octanol–water partition coefficient (Wildman–Crippen LogP) is 6.69. The van der Waals surface area contributed by atoms with Crippen LogP contribution in [0, 0.1) is 0 Å². The minimum absolute atomic E-state index is 0.671. The number of rotatable bonds is 16. The lowest BCUT2D eigenvalue weighted by Crippen LogP contribution is -1.84. The van der Waals surface area contributed by atoms with E-state index in [1.165, 1.54) is 83.5 Å². The summed E-state index contributed by atoms with van der Waals surface area (Å²) < 4.78 is 0. The highest BCUT2D eigenvalue weighted by molar-refractivity contribution is 7.80.